The van der Waals surface area contributed by atoms with E-state index in [0.29, 0.717) is 16.7 Å². The molecule has 140 valence electrons. The molecule has 2 aromatic carbocycles. The van der Waals surface area contributed by atoms with Crippen molar-refractivity contribution >= 4 is 28.2 Å². The first kappa shape index (κ1) is 18.8. The second-order valence-corrected chi connectivity index (χ2v) is 6.68. The fraction of sp³-hybridized carbons (Fsp3) is 0.211. The number of rotatable bonds is 7. The standard InChI is InChI=1S/C19H19FN4O2S/c1-2-3-11-26-14-8-6-7-13(12-14)17-23-24-19(27-17)22-18(25)21-16-10-5-4-9-15(16)20/h4-10,12H,2-3,11H2,1H3,(H2,21,22,24,25). The Labute approximate surface area is 160 Å². The van der Waals surface area contributed by atoms with Gasteiger partial charge in [0.25, 0.3) is 0 Å². The minimum absolute atomic E-state index is 0.0941. The van der Waals surface area contributed by atoms with Gasteiger partial charge in [0.1, 0.15) is 16.6 Å². The van der Waals surface area contributed by atoms with E-state index in [1.54, 1.807) is 12.1 Å². The Morgan fingerprint density at radius 2 is 2.00 bits per heavy atom. The molecule has 3 aromatic rings. The number of unbranched alkanes of at least 4 members (excludes halogenated alkanes) is 1. The molecule has 0 unspecified atom stereocenters. The molecule has 1 aromatic heterocycles. The number of amides is 2. The van der Waals surface area contributed by atoms with Crippen molar-refractivity contribution in [2.75, 3.05) is 17.2 Å². The van der Waals surface area contributed by atoms with Crippen LogP contribution in [0.25, 0.3) is 10.6 Å². The quantitative estimate of drug-likeness (QED) is 0.550. The number of carbonyl (C=O) groups excluding carboxylic acids is 1. The monoisotopic (exact) mass is 386 g/mol. The zero-order chi connectivity index (χ0) is 19.1. The van der Waals surface area contributed by atoms with Gasteiger partial charge in [0.05, 0.1) is 12.3 Å². The molecule has 0 atom stereocenters. The lowest BCUT2D eigenvalue weighted by Crippen LogP contribution is -2.19. The number of nitrogens with one attached hydrogen (secondary N) is 2. The van der Waals surface area contributed by atoms with Crippen LogP contribution < -0.4 is 15.4 Å². The van der Waals surface area contributed by atoms with Crippen LogP contribution in [0.15, 0.2) is 48.5 Å². The van der Waals surface area contributed by atoms with Crippen LogP contribution >= 0.6 is 11.3 Å². The minimum atomic E-state index is -0.584. The molecule has 0 saturated carbocycles. The highest BCUT2D eigenvalue weighted by atomic mass is 32.1. The van der Waals surface area contributed by atoms with Crippen molar-refractivity contribution in [2.24, 2.45) is 0 Å². The summed E-state index contributed by atoms with van der Waals surface area (Å²) >= 11 is 1.22. The Morgan fingerprint density at radius 3 is 2.81 bits per heavy atom. The van der Waals surface area contributed by atoms with Crippen LogP contribution in [-0.4, -0.2) is 22.8 Å². The molecular weight excluding hydrogens is 367 g/mol. The number of urea groups is 1. The molecule has 0 bridgehead atoms. The van der Waals surface area contributed by atoms with Gasteiger partial charge in [-0.3, -0.25) is 5.32 Å². The average Bonchev–Trinajstić information content (AvgIpc) is 3.12. The largest absolute Gasteiger partial charge is 0.494 e. The van der Waals surface area contributed by atoms with Gasteiger partial charge in [-0.2, -0.15) is 0 Å². The second-order valence-electron chi connectivity index (χ2n) is 5.70. The van der Waals surface area contributed by atoms with Crippen LogP contribution in [0.1, 0.15) is 19.8 Å². The molecular formula is C19H19FN4O2S. The SMILES string of the molecule is CCCCOc1cccc(-c2nnc(NC(=O)Nc3ccccc3F)s2)c1. The minimum Gasteiger partial charge on any atom is -0.494 e. The highest BCUT2D eigenvalue weighted by Crippen LogP contribution is 2.29. The first-order chi connectivity index (χ1) is 13.2. The smallest absolute Gasteiger partial charge is 0.325 e. The molecule has 2 amide bonds. The number of nitrogens with zero attached hydrogens (tertiary/aromatic N) is 2. The first-order valence-corrected chi connectivity index (χ1v) is 9.36. The third-order valence-corrected chi connectivity index (χ3v) is 4.50. The number of para-hydroxylation sites is 1. The number of aromatic nitrogens is 2. The van der Waals surface area contributed by atoms with Gasteiger partial charge in [-0.25, -0.2) is 9.18 Å². The molecule has 0 spiro atoms. The van der Waals surface area contributed by atoms with Gasteiger partial charge in [0.15, 0.2) is 0 Å². The van der Waals surface area contributed by atoms with Crippen molar-refractivity contribution in [2.45, 2.75) is 19.8 Å². The number of carbonyl (C=O) groups is 1. The molecule has 0 aliphatic rings. The summed E-state index contributed by atoms with van der Waals surface area (Å²) in [5.74, 6) is 0.258. The number of halogens is 1. The molecule has 0 radical (unpaired) electrons. The van der Waals surface area contributed by atoms with Gasteiger partial charge in [-0.15, -0.1) is 10.2 Å². The maximum absolute atomic E-state index is 13.6. The number of hydrogen-bond acceptors (Lipinski definition) is 5. The molecule has 6 nitrogen and oxygen atoms in total. The molecule has 1 heterocycles. The molecule has 3 rings (SSSR count). The second kappa shape index (κ2) is 9.09. The van der Waals surface area contributed by atoms with E-state index in [-0.39, 0.29) is 5.69 Å². The zero-order valence-electron chi connectivity index (χ0n) is 14.7. The highest BCUT2D eigenvalue weighted by Gasteiger charge is 2.11. The maximum atomic E-state index is 13.6. The van der Waals surface area contributed by atoms with Gasteiger partial charge in [0.2, 0.25) is 5.13 Å². The fourth-order valence-electron chi connectivity index (χ4n) is 2.26. The molecule has 8 heteroatoms. The van der Waals surface area contributed by atoms with Gasteiger partial charge >= 0.3 is 6.03 Å². The molecule has 27 heavy (non-hydrogen) atoms. The van der Waals surface area contributed by atoms with Gasteiger partial charge in [-0.1, -0.05) is 48.9 Å². The topological polar surface area (TPSA) is 76.1 Å². The Kier molecular flexibility index (Phi) is 6.32. The van der Waals surface area contributed by atoms with Crippen LogP contribution in [0.2, 0.25) is 0 Å². The van der Waals surface area contributed by atoms with Crippen LogP contribution in [0, 0.1) is 5.82 Å². The summed E-state index contributed by atoms with van der Waals surface area (Å²) in [5.41, 5.74) is 0.945. The normalized spacial score (nSPS) is 10.4. The highest BCUT2D eigenvalue weighted by molar-refractivity contribution is 7.18. The number of anilines is 2. The lowest BCUT2D eigenvalue weighted by Gasteiger charge is -2.06. The zero-order valence-corrected chi connectivity index (χ0v) is 15.6. The van der Waals surface area contributed by atoms with Crippen molar-refractivity contribution in [3.05, 3.63) is 54.3 Å². The average molecular weight is 386 g/mol. The summed E-state index contributed by atoms with van der Waals surface area (Å²) in [6, 6.07) is 12.9. The first-order valence-electron chi connectivity index (χ1n) is 8.55. The lowest BCUT2D eigenvalue weighted by molar-refractivity contribution is 0.262. The summed E-state index contributed by atoms with van der Waals surface area (Å²) in [4.78, 5) is 12.0. The molecule has 0 fully saturated rings. The fourth-order valence-corrected chi connectivity index (χ4v) is 2.99. The van der Waals surface area contributed by atoms with Crippen molar-refractivity contribution in [1.29, 1.82) is 0 Å². The maximum Gasteiger partial charge on any atom is 0.325 e. The van der Waals surface area contributed by atoms with Gasteiger partial charge < -0.3 is 10.1 Å². The summed E-state index contributed by atoms with van der Waals surface area (Å²) in [5, 5.41) is 14.0. The van der Waals surface area contributed by atoms with Crippen LogP contribution in [-0.2, 0) is 0 Å². The van der Waals surface area contributed by atoms with E-state index in [0.717, 1.165) is 24.2 Å². The predicted octanol–water partition coefficient (Wildman–Crippen LogP) is 5.17. The molecule has 0 saturated heterocycles. The summed E-state index contributed by atoms with van der Waals surface area (Å²) < 4.78 is 19.3. The van der Waals surface area contributed by atoms with E-state index in [1.165, 1.54) is 23.5 Å². The van der Waals surface area contributed by atoms with Crippen molar-refractivity contribution in [3.63, 3.8) is 0 Å². The Morgan fingerprint density at radius 1 is 1.15 bits per heavy atom. The molecule has 2 N–H and O–H groups in total. The van der Waals surface area contributed by atoms with E-state index in [1.807, 2.05) is 24.3 Å². The van der Waals surface area contributed by atoms with Crippen molar-refractivity contribution < 1.29 is 13.9 Å². The number of benzene rings is 2. The van der Waals surface area contributed by atoms with E-state index < -0.39 is 11.8 Å². The van der Waals surface area contributed by atoms with E-state index in [4.69, 9.17) is 4.74 Å². The van der Waals surface area contributed by atoms with E-state index >= 15 is 0 Å². The van der Waals surface area contributed by atoms with E-state index in [2.05, 4.69) is 27.8 Å². The molecule has 0 aliphatic carbocycles. The third kappa shape index (κ3) is 5.24. The van der Waals surface area contributed by atoms with Crippen LogP contribution in [0.4, 0.5) is 20.0 Å². The summed E-state index contributed by atoms with van der Waals surface area (Å²) in [6.07, 6.45) is 2.06. The van der Waals surface area contributed by atoms with Crippen LogP contribution in [0.3, 0.4) is 0 Å². The van der Waals surface area contributed by atoms with Crippen LogP contribution in [0.5, 0.6) is 5.75 Å². The number of ether oxygens (including phenoxy) is 1. The summed E-state index contributed by atoms with van der Waals surface area (Å²) in [6.45, 7) is 2.77. The Balaban J connectivity index is 1.63. The van der Waals surface area contributed by atoms with Crippen molar-refractivity contribution in [1.82, 2.24) is 10.2 Å². The summed E-state index contributed by atoms with van der Waals surface area (Å²) in [7, 11) is 0. The van der Waals surface area contributed by atoms with Gasteiger partial charge in [-0.05, 0) is 30.7 Å². The number of hydrogen-bond donors (Lipinski definition) is 2. The van der Waals surface area contributed by atoms with Gasteiger partial charge in [0, 0.05) is 5.56 Å². The Bertz CT molecular complexity index is 916. The van der Waals surface area contributed by atoms with Crippen molar-refractivity contribution in [3.8, 4) is 16.3 Å². The molecule has 0 aliphatic heterocycles. The third-order valence-electron chi connectivity index (χ3n) is 3.62. The predicted molar refractivity (Wildman–Crippen MR) is 105 cm³/mol. The van der Waals surface area contributed by atoms with E-state index in [9.17, 15) is 9.18 Å². The lowest BCUT2D eigenvalue weighted by atomic mass is 10.2. The Hall–Kier alpha value is -3.00.